The van der Waals surface area contributed by atoms with Gasteiger partial charge in [-0.05, 0) is 18.9 Å². The maximum absolute atomic E-state index is 12.8. The Labute approximate surface area is 147 Å². The van der Waals surface area contributed by atoms with Crippen molar-refractivity contribution in [2.75, 3.05) is 19.7 Å². The van der Waals surface area contributed by atoms with Gasteiger partial charge < -0.3 is 29.5 Å². The second-order valence-corrected chi connectivity index (χ2v) is 7.25. The Morgan fingerprint density at radius 3 is 2.60 bits per heavy atom. The number of ether oxygens (including phenoxy) is 2. The Balaban J connectivity index is 2.08. The molecule has 0 spiro atoms. The summed E-state index contributed by atoms with van der Waals surface area (Å²) in [6, 6.07) is -0.588. The van der Waals surface area contributed by atoms with Crippen LogP contribution in [0.3, 0.4) is 0 Å². The molecule has 8 nitrogen and oxygen atoms in total. The summed E-state index contributed by atoms with van der Waals surface area (Å²) in [5.41, 5.74) is -1.43. The average Bonchev–Trinajstić information content (AvgIpc) is 2.99. The molecule has 1 saturated heterocycles. The van der Waals surface area contributed by atoms with Crippen LogP contribution in [0.5, 0.6) is 0 Å². The van der Waals surface area contributed by atoms with Crippen molar-refractivity contribution in [3.05, 3.63) is 16.9 Å². The molecule has 2 heterocycles. The van der Waals surface area contributed by atoms with Gasteiger partial charge in [-0.2, -0.15) is 0 Å². The molecule has 0 radical (unpaired) electrons. The molecule has 0 amide bonds. The van der Waals surface area contributed by atoms with E-state index in [1.54, 1.807) is 19.9 Å². The van der Waals surface area contributed by atoms with Crippen LogP contribution in [0.15, 0.2) is 11.6 Å². The highest BCUT2D eigenvalue weighted by atomic mass is 16.6. The van der Waals surface area contributed by atoms with Crippen LogP contribution in [0, 0.1) is 11.1 Å². The predicted octanol–water partition coefficient (Wildman–Crippen LogP) is 0.256. The predicted molar refractivity (Wildman–Crippen MR) is 87.8 cm³/mol. The van der Waals surface area contributed by atoms with E-state index in [0.717, 1.165) is 0 Å². The van der Waals surface area contributed by atoms with Gasteiger partial charge >= 0.3 is 11.9 Å². The number of hydrogen-bond donors (Lipinski definition) is 2. The van der Waals surface area contributed by atoms with E-state index < -0.39 is 46.4 Å². The van der Waals surface area contributed by atoms with Crippen molar-refractivity contribution in [1.29, 1.82) is 0 Å². The highest BCUT2D eigenvalue weighted by molar-refractivity contribution is 5.80. The summed E-state index contributed by atoms with van der Waals surface area (Å²) in [7, 11) is 0. The number of esters is 2. The molecule has 142 valence electrons. The molecule has 2 N–H and O–H groups in total. The lowest BCUT2D eigenvalue weighted by atomic mass is 9.85. The molecular formula is C17H27NO7. The van der Waals surface area contributed by atoms with Crippen molar-refractivity contribution >= 4 is 11.9 Å². The largest absolute Gasteiger partial charge is 0.632 e. The van der Waals surface area contributed by atoms with Crippen LogP contribution in [0.4, 0.5) is 0 Å². The Kier molecular flexibility index (Phi) is 5.58. The molecule has 0 bridgehead atoms. The summed E-state index contributed by atoms with van der Waals surface area (Å²) in [5, 5.41) is 33.0. The van der Waals surface area contributed by atoms with E-state index in [-0.39, 0.29) is 13.2 Å². The molecule has 0 aromatic rings. The number of hydroxylamine groups is 3. The number of aliphatic hydroxyl groups is 2. The first-order chi connectivity index (χ1) is 11.5. The molecule has 2 aliphatic rings. The number of nitrogens with zero attached hydrogens (tertiary/aromatic N) is 1. The van der Waals surface area contributed by atoms with E-state index in [1.165, 1.54) is 13.8 Å². The monoisotopic (exact) mass is 357 g/mol. The number of fused-ring (bicyclic) bond motifs is 1. The maximum Gasteiger partial charge on any atom is 0.341 e. The van der Waals surface area contributed by atoms with Gasteiger partial charge in [-0.3, -0.25) is 4.79 Å². The smallest absolute Gasteiger partial charge is 0.341 e. The van der Waals surface area contributed by atoms with Gasteiger partial charge in [-0.25, -0.2) is 4.79 Å². The van der Waals surface area contributed by atoms with Crippen molar-refractivity contribution < 1.29 is 33.9 Å². The van der Waals surface area contributed by atoms with Crippen molar-refractivity contribution in [1.82, 2.24) is 0 Å². The molecule has 0 saturated carbocycles. The first kappa shape index (κ1) is 19.8. The van der Waals surface area contributed by atoms with E-state index in [4.69, 9.17) is 9.47 Å². The van der Waals surface area contributed by atoms with Crippen LogP contribution in [0.2, 0.25) is 0 Å². The lowest BCUT2D eigenvalue weighted by molar-refractivity contribution is -0.877. The van der Waals surface area contributed by atoms with Crippen LogP contribution in [-0.4, -0.2) is 70.3 Å². The van der Waals surface area contributed by atoms with Crippen molar-refractivity contribution in [2.24, 2.45) is 5.92 Å². The maximum atomic E-state index is 12.8. The summed E-state index contributed by atoms with van der Waals surface area (Å²) < 4.78 is 9.94. The molecule has 2 aliphatic heterocycles. The number of hydrogen-bond acceptors (Lipinski definition) is 7. The fraction of sp³-hybridized carbons (Fsp3) is 0.765. The fourth-order valence-corrected chi connectivity index (χ4v) is 3.72. The molecule has 1 fully saturated rings. The van der Waals surface area contributed by atoms with Gasteiger partial charge in [0.15, 0.2) is 17.7 Å². The van der Waals surface area contributed by atoms with Gasteiger partial charge in [0.1, 0.15) is 6.61 Å². The lowest BCUT2D eigenvalue weighted by Gasteiger charge is -2.40. The average molecular weight is 357 g/mol. The van der Waals surface area contributed by atoms with E-state index in [2.05, 4.69) is 0 Å². The number of aliphatic hydroxyl groups excluding tert-OH is 1. The SMILES string of the molecule is CC(=O)O[C@H]1CC[N+]2([O-])CC=C(COC(=O)[C@](O)(C(C)C)[C@H](C)O)[C@H]12. The lowest BCUT2D eigenvalue weighted by Crippen LogP contribution is -2.53. The van der Waals surface area contributed by atoms with Crippen LogP contribution in [0.1, 0.15) is 34.1 Å². The standard InChI is InChI=1S/C17H27NO7/c1-10(2)17(22,11(3)19)16(21)24-9-13-5-7-18(23)8-6-14(15(13)18)25-12(4)20/h5,10-11,14-15,19,22H,6-9H2,1-4H3/t11-,14-,15+,17-,18?/m0/s1. The van der Waals surface area contributed by atoms with Crippen LogP contribution in [-0.2, 0) is 19.1 Å². The first-order valence-corrected chi connectivity index (χ1v) is 8.54. The summed E-state index contributed by atoms with van der Waals surface area (Å²) in [6.45, 7) is 6.22. The van der Waals surface area contributed by atoms with Crippen molar-refractivity contribution in [2.45, 2.75) is 58.0 Å². The summed E-state index contributed by atoms with van der Waals surface area (Å²) >= 11 is 0. The quantitative estimate of drug-likeness (QED) is 0.303. The molecule has 2 rings (SSSR count). The highest BCUT2D eigenvalue weighted by Gasteiger charge is 2.51. The minimum absolute atomic E-state index is 0.175. The molecule has 0 aliphatic carbocycles. The van der Waals surface area contributed by atoms with Gasteiger partial charge in [0.05, 0.1) is 19.2 Å². The van der Waals surface area contributed by atoms with E-state index in [0.29, 0.717) is 18.5 Å². The van der Waals surface area contributed by atoms with Crippen LogP contribution >= 0.6 is 0 Å². The van der Waals surface area contributed by atoms with Crippen molar-refractivity contribution in [3.63, 3.8) is 0 Å². The number of carbonyl (C=O) groups excluding carboxylic acids is 2. The summed E-state index contributed by atoms with van der Waals surface area (Å²) in [5.74, 6) is -1.94. The summed E-state index contributed by atoms with van der Waals surface area (Å²) in [4.78, 5) is 23.6. The minimum Gasteiger partial charge on any atom is -0.632 e. The third-order valence-corrected chi connectivity index (χ3v) is 5.23. The molecule has 8 heteroatoms. The zero-order chi connectivity index (χ0) is 19.0. The second-order valence-electron chi connectivity index (χ2n) is 7.25. The normalized spacial score (nSPS) is 31.9. The van der Waals surface area contributed by atoms with Crippen LogP contribution in [0.25, 0.3) is 0 Å². The second kappa shape index (κ2) is 7.03. The summed E-state index contributed by atoms with van der Waals surface area (Å²) in [6.07, 6.45) is 0.329. The number of carbonyl (C=O) groups is 2. The van der Waals surface area contributed by atoms with Gasteiger partial charge in [0.25, 0.3) is 0 Å². The molecule has 0 aromatic carbocycles. The Morgan fingerprint density at radius 1 is 1.44 bits per heavy atom. The van der Waals surface area contributed by atoms with Crippen LogP contribution < -0.4 is 0 Å². The Hall–Kier alpha value is -1.48. The van der Waals surface area contributed by atoms with Gasteiger partial charge in [-0.15, -0.1) is 0 Å². The fourth-order valence-electron chi connectivity index (χ4n) is 3.72. The Bertz CT molecular complexity index is 563. The van der Waals surface area contributed by atoms with E-state index in [1.807, 2.05) is 0 Å². The molecular weight excluding hydrogens is 330 g/mol. The Morgan fingerprint density at radius 2 is 2.08 bits per heavy atom. The van der Waals surface area contributed by atoms with E-state index >= 15 is 0 Å². The zero-order valence-electron chi connectivity index (χ0n) is 15.1. The number of quaternary nitrogens is 1. The van der Waals surface area contributed by atoms with Crippen molar-refractivity contribution in [3.8, 4) is 0 Å². The number of rotatable bonds is 6. The molecule has 25 heavy (non-hydrogen) atoms. The zero-order valence-corrected chi connectivity index (χ0v) is 15.1. The highest BCUT2D eigenvalue weighted by Crippen LogP contribution is 2.38. The minimum atomic E-state index is -2.02. The third kappa shape index (κ3) is 3.57. The molecule has 5 atom stereocenters. The van der Waals surface area contributed by atoms with Gasteiger partial charge in [0.2, 0.25) is 0 Å². The topological polar surface area (TPSA) is 116 Å². The van der Waals surface area contributed by atoms with Gasteiger partial charge in [0, 0.05) is 18.9 Å². The van der Waals surface area contributed by atoms with Gasteiger partial charge in [-0.1, -0.05) is 13.8 Å². The molecule has 1 unspecified atom stereocenters. The third-order valence-electron chi connectivity index (χ3n) is 5.23. The first-order valence-electron chi connectivity index (χ1n) is 8.54. The van der Waals surface area contributed by atoms with E-state index in [9.17, 15) is 25.0 Å². The molecule has 0 aromatic heterocycles.